The minimum atomic E-state index is -4.50. The molecule has 4 rings (SSSR count). The summed E-state index contributed by atoms with van der Waals surface area (Å²) in [6.07, 6.45) is -2.98. The van der Waals surface area contributed by atoms with Gasteiger partial charge in [-0.25, -0.2) is 4.90 Å². The second-order valence-corrected chi connectivity index (χ2v) is 7.97. The molecule has 9 heteroatoms. The van der Waals surface area contributed by atoms with Crippen LogP contribution < -0.4 is 4.90 Å². The Morgan fingerprint density at radius 2 is 1.76 bits per heavy atom. The molecule has 3 heterocycles. The van der Waals surface area contributed by atoms with E-state index in [0.29, 0.717) is 16.4 Å². The van der Waals surface area contributed by atoms with E-state index in [1.807, 2.05) is 0 Å². The predicted octanol–water partition coefficient (Wildman–Crippen LogP) is 5.58. The number of alkyl halides is 3. The first-order valence-corrected chi connectivity index (χ1v) is 10.2. The average Bonchev–Trinajstić information content (AvgIpc) is 3.41. The van der Waals surface area contributed by atoms with E-state index in [4.69, 9.17) is 4.42 Å². The lowest BCUT2D eigenvalue weighted by Gasteiger charge is -2.16. The fourth-order valence-corrected chi connectivity index (χ4v) is 4.69. The van der Waals surface area contributed by atoms with Crippen LogP contribution in [0.1, 0.15) is 16.2 Å². The number of amides is 2. The fraction of sp³-hybridized carbons (Fsp3) is 0.100. The van der Waals surface area contributed by atoms with Crippen LogP contribution in [0, 0.1) is 0 Å². The quantitative estimate of drug-likeness (QED) is 0.491. The van der Waals surface area contributed by atoms with E-state index in [9.17, 15) is 22.8 Å². The summed E-state index contributed by atoms with van der Waals surface area (Å²) in [6.45, 7) is 0. The van der Waals surface area contributed by atoms with Gasteiger partial charge in [0.25, 0.3) is 11.8 Å². The molecule has 0 unspecified atom stereocenters. The van der Waals surface area contributed by atoms with Crippen molar-refractivity contribution in [2.45, 2.75) is 11.9 Å². The largest absolute Gasteiger partial charge is 0.468 e. The number of furan rings is 1. The van der Waals surface area contributed by atoms with Crippen LogP contribution >= 0.6 is 23.1 Å². The number of anilines is 1. The number of thioether (sulfide) groups is 1. The van der Waals surface area contributed by atoms with Crippen molar-refractivity contribution in [3.05, 3.63) is 81.3 Å². The highest BCUT2D eigenvalue weighted by atomic mass is 32.2. The van der Waals surface area contributed by atoms with E-state index >= 15 is 0 Å². The Morgan fingerprint density at radius 3 is 2.34 bits per heavy atom. The summed E-state index contributed by atoms with van der Waals surface area (Å²) in [5.41, 5.74) is -0.503. The number of imide groups is 1. The summed E-state index contributed by atoms with van der Waals surface area (Å²) >= 11 is 2.48. The normalized spacial score (nSPS) is 14.9. The topological polar surface area (TPSA) is 50.5 Å². The van der Waals surface area contributed by atoms with Crippen LogP contribution in [-0.4, -0.2) is 11.8 Å². The van der Waals surface area contributed by atoms with Crippen LogP contribution in [0.25, 0.3) is 5.57 Å². The molecule has 2 aromatic heterocycles. The molecule has 148 valence electrons. The van der Waals surface area contributed by atoms with Crippen LogP contribution in [0.5, 0.6) is 0 Å². The Kier molecular flexibility index (Phi) is 5.10. The molecule has 0 saturated carbocycles. The number of hydrogen-bond donors (Lipinski definition) is 0. The third-order valence-corrected chi connectivity index (χ3v) is 6.18. The smallest absolute Gasteiger partial charge is 0.416 e. The van der Waals surface area contributed by atoms with Gasteiger partial charge in [0.05, 0.1) is 33.7 Å². The van der Waals surface area contributed by atoms with Gasteiger partial charge in [0, 0.05) is 4.88 Å². The summed E-state index contributed by atoms with van der Waals surface area (Å²) in [5.74, 6) is -0.132. The number of halogens is 3. The van der Waals surface area contributed by atoms with Gasteiger partial charge in [-0.2, -0.15) is 13.2 Å². The Hall–Kier alpha value is -2.78. The second kappa shape index (κ2) is 7.57. The Balaban J connectivity index is 1.68. The zero-order chi connectivity index (χ0) is 20.6. The molecule has 0 N–H and O–H groups in total. The third-order valence-electron chi connectivity index (χ3n) is 4.20. The van der Waals surface area contributed by atoms with Crippen LogP contribution in [-0.2, 0) is 21.5 Å². The molecule has 3 aromatic rings. The molecular weight excluding hydrogens is 423 g/mol. The van der Waals surface area contributed by atoms with E-state index in [2.05, 4.69) is 0 Å². The van der Waals surface area contributed by atoms with E-state index in [0.717, 1.165) is 29.2 Å². The number of nitrogens with zero attached hydrogens (tertiary/aromatic N) is 1. The highest BCUT2D eigenvalue weighted by Crippen LogP contribution is 2.41. The molecule has 1 aliphatic heterocycles. The van der Waals surface area contributed by atoms with Crippen LogP contribution in [0.2, 0.25) is 0 Å². The van der Waals surface area contributed by atoms with Gasteiger partial charge in [-0.1, -0.05) is 6.07 Å². The number of carbonyl (C=O) groups excluding carboxylic acids is 2. The monoisotopic (exact) mass is 435 g/mol. The highest BCUT2D eigenvalue weighted by Gasteiger charge is 2.41. The number of carbonyl (C=O) groups is 2. The van der Waals surface area contributed by atoms with Gasteiger partial charge in [0.1, 0.15) is 5.76 Å². The van der Waals surface area contributed by atoms with E-state index in [1.165, 1.54) is 29.4 Å². The first-order chi connectivity index (χ1) is 13.9. The molecule has 0 saturated heterocycles. The van der Waals surface area contributed by atoms with E-state index in [1.54, 1.807) is 29.6 Å². The highest BCUT2D eigenvalue weighted by molar-refractivity contribution is 8.03. The Bertz CT molecular complexity index is 1070. The van der Waals surface area contributed by atoms with Gasteiger partial charge in [0.2, 0.25) is 0 Å². The van der Waals surface area contributed by atoms with Crippen LogP contribution in [0.15, 0.2) is 69.5 Å². The molecule has 1 aromatic carbocycles. The van der Waals surface area contributed by atoms with E-state index < -0.39 is 23.6 Å². The van der Waals surface area contributed by atoms with Crippen molar-refractivity contribution in [2.75, 3.05) is 4.90 Å². The first kappa shape index (κ1) is 19.5. The standard InChI is InChI=1S/C20H12F3NO3S2/c21-20(22,23)12-5-7-13(8-6-12)24-18(25)16(15-4-2-10-28-15)17(19(24)26)29-11-14-3-1-9-27-14/h1-10H,11H2. The van der Waals surface area contributed by atoms with Gasteiger partial charge < -0.3 is 4.42 Å². The summed E-state index contributed by atoms with van der Waals surface area (Å²) in [7, 11) is 0. The van der Waals surface area contributed by atoms with Gasteiger partial charge in [-0.05, 0) is 47.8 Å². The zero-order valence-corrected chi connectivity index (χ0v) is 16.2. The SMILES string of the molecule is O=C1C(SCc2ccco2)=C(c2cccs2)C(=O)N1c1ccc(C(F)(F)F)cc1. The lowest BCUT2D eigenvalue weighted by atomic mass is 10.2. The zero-order valence-electron chi connectivity index (χ0n) is 14.6. The number of benzene rings is 1. The minimum Gasteiger partial charge on any atom is -0.468 e. The van der Waals surface area contributed by atoms with Crippen molar-refractivity contribution in [3.8, 4) is 0 Å². The molecule has 1 aliphatic rings. The predicted molar refractivity (Wildman–Crippen MR) is 105 cm³/mol. The lowest BCUT2D eigenvalue weighted by Crippen LogP contribution is -2.31. The maximum Gasteiger partial charge on any atom is 0.416 e. The number of thiophene rings is 1. The van der Waals surface area contributed by atoms with Crippen LogP contribution in [0.3, 0.4) is 0 Å². The van der Waals surface area contributed by atoms with Gasteiger partial charge >= 0.3 is 6.18 Å². The van der Waals surface area contributed by atoms with Gasteiger partial charge in [0.15, 0.2) is 0 Å². The van der Waals surface area contributed by atoms with Crippen molar-refractivity contribution < 1.29 is 27.2 Å². The van der Waals surface area contributed by atoms with Crippen molar-refractivity contribution in [1.29, 1.82) is 0 Å². The molecule has 0 spiro atoms. The summed E-state index contributed by atoms with van der Waals surface area (Å²) in [4.78, 5) is 27.9. The summed E-state index contributed by atoms with van der Waals surface area (Å²) in [5, 5.41) is 1.79. The fourth-order valence-electron chi connectivity index (χ4n) is 2.85. The third kappa shape index (κ3) is 3.75. The molecule has 0 aliphatic carbocycles. The maximum atomic E-state index is 13.1. The molecule has 0 fully saturated rings. The molecule has 29 heavy (non-hydrogen) atoms. The molecular formula is C20H12F3NO3S2. The van der Waals surface area contributed by atoms with Crippen molar-refractivity contribution in [1.82, 2.24) is 0 Å². The lowest BCUT2D eigenvalue weighted by molar-refractivity contribution is -0.137. The molecule has 0 radical (unpaired) electrons. The van der Waals surface area contributed by atoms with Crippen molar-refractivity contribution in [3.63, 3.8) is 0 Å². The number of hydrogen-bond acceptors (Lipinski definition) is 5. The Labute approximate surface area is 171 Å². The molecule has 2 amide bonds. The second-order valence-electron chi connectivity index (χ2n) is 6.04. The number of rotatable bonds is 5. The molecule has 0 bridgehead atoms. The summed E-state index contributed by atoms with van der Waals surface area (Å²) in [6, 6.07) is 10.9. The Morgan fingerprint density at radius 1 is 1.00 bits per heavy atom. The van der Waals surface area contributed by atoms with Gasteiger partial charge in [-0.3, -0.25) is 9.59 Å². The van der Waals surface area contributed by atoms with Gasteiger partial charge in [-0.15, -0.1) is 23.1 Å². The molecule has 0 atom stereocenters. The minimum absolute atomic E-state index is 0.0932. The van der Waals surface area contributed by atoms with Crippen molar-refractivity contribution >= 4 is 46.2 Å². The van der Waals surface area contributed by atoms with E-state index in [-0.39, 0.29) is 16.2 Å². The van der Waals surface area contributed by atoms with Crippen molar-refractivity contribution in [2.24, 2.45) is 0 Å². The first-order valence-electron chi connectivity index (χ1n) is 8.35. The summed E-state index contributed by atoms with van der Waals surface area (Å²) < 4.78 is 43.8. The molecule has 4 nitrogen and oxygen atoms in total. The average molecular weight is 435 g/mol. The van der Waals surface area contributed by atoms with Crippen LogP contribution in [0.4, 0.5) is 18.9 Å². The maximum absolute atomic E-state index is 13.1.